The van der Waals surface area contributed by atoms with Gasteiger partial charge in [0.15, 0.2) is 0 Å². The first-order valence-electron chi connectivity index (χ1n) is 8.14. The van der Waals surface area contributed by atoms with Crippen molar-refractivity contribution in [3.05, 3.63) is 18.2 Å². The topological polar surface area (TPSA) is 47.3 Å². The fraction of sp³-hybridized carbons (Fsp3) is 0.667. The number of nitrogen functional groups attached to an aromatic ring is 1. The second kappa shape index (κ2) is 8.16. The third-order valence-corrected chi connectivity index (χ3v) is 3.64. The first kappa shape index (κ1) is 17.7. The number of ether oxygens (including phenoxy) is 1. The number of nitrogens with two attached hydrogens (primary N) is 1. The summed E-state index contributed by atoms with van der Waals surface area (Å²) in [6.07, 6.45) is 5.23. The molecule has 0 aliphatic heterocycles. The molecular weight excluding hydrogens is 260 g/mol. The highest BCUT2D eigenvalue weighted by Crippen LogP contribution is 2.32. The van der Waals surface area contributed by atoms with Crippen LogP contribution in [-0.4, -0.2) is 12.6 Å². The van der Waals surface area contributed by atoms with Crippen LogP contribution < -0.4 is 15.8 Å². The van der Waals surface area contributed by atoms with Gasteiger partial charge < -0.3 is 15.8 Å². The summed E-state index contributed by atoms with van der Waals surface area (Å²) >= 11 is 0. The number of hydrogen-bond acceptors (Lipinski definition) is 3. The van der Waals surface area contributed by atoms with E-state index in [9.17, 15) is 0 Å². The van der Waals surface area contributed by atoms with Gasteiger partial charge in [-0.1, -0.05) is 46.1 Å². The number of benzene rings is 1. The van der Waals surface area contributed by atoms with E-state index in [1.165, 1.54) is 25.7 Å². The number of anilines is 2. The van der Waals surface area contributed by atoms with Crippen LogP contribution in [0, 0.1) is 5.41 Å². The Balaban J connectivity index is 2.62. The number of unbranched alkanes of at least 4 members (excludes halogenated alkanes) is 2. The minimum absolute atomic E-state index is 0.132. The van der Waals surface area contributed by atoms with Gasteiger partial charge in [0.05, 0.1) is 17.5 Å². The Morgan fingerprint density at radius 2 is 1.95 bits per heavy atom. The molecule has 0 saturated heterocycles. The quantitative estimate of drug-likeness (QED) is 0.493. The summed E-state index contributed by atoms with van der Waals surface area (Å²) in [6, 6.07) is 5.93. The molecule has 0 unspecified atom stereocenters. The van der Waals surface area contributed by atoms with Gasteiger partial charge in [0, 0.05) is 6.54 Å². The summed E-state index contributed by atoms with van der Waals surface area (Å²) in [5, 5.41) is 3.49. The Morgan fingerprint density at radius 3 is 2.57 bits per heavy atom. The maximum Gasteiger partial charge on any atom is 0.144 e. The van der Waals surface area contributed by atoms with Crippen molar-refractivity contribution < 1.29 is 4.74 Å². The molecule has 1 aromatic rings. The molecular formula is C18H32N2O. The molecule has 1 aromatic carbocycles. The van der Waals surface area contributed by atoms with E-state index in [-0.39, 0.29) is 11.5 Å². The van der Waals surface area contributed by atoms with Crippen molar-refractivity contribution in [2.24, 2.45) is 5.41 Å². The average molecular weight is 292 g/mol. The standard InChI is InChI=1S/C18H32N2O/c1-6-7-8-12-18(4,5)13-20-15-10-9-11-16(17(15)19)21-14(2)3/h9-11,14,20H,6-8,12-13,19H2,1-5H3. The van der Waals surface area contributed by atoms with Gasteiger partial charge in [-0.3, -0.25) is 0 Å². The highest BCUT2D eigenvalue weighted by molar-refractivity contribution is 5.73. The molecule has 21 heavy (non-hydrogen) atoms. The van der Waals surface area contributed by atoms with Crippen LogP contribution in [0.4, 0.5) is 11.4 Å². The van der Waals surface area contributed by atoms with E-state index in [0.29, 0.717) is 5.69 Å². The predicted octanol–water partition coefficient (Wildman–Crippen LogP) is 5.07. The van der Waals surface area contributed by atoms with Crippen LogP contribution in [0.5, 0.6) is 5.75 Å². The van der Waals surface area contributed by atoms with E-state index in [4.69, 9.17) is 10.5 Å². The normalized spacial score (nSPS) is 11.7. The summed E-state index contributed by atoms with van der Waals surface area (Å²) < 4.78 is 5.73. The van der Waals surface area contributed by atoms with E-state index in [1.807, 2.05) is 32.0 Å². The van der Waals surface area contributed by atoms with Crippen LogP contribution >= 0.6 is 0 Å². The Morgan fingerprint density at radius 1 is 1.24 bits per heavy atom. The van der Waals surface area contributed by atoms with Crippen molar-refractivity contribution in [3.8, 4) is 5.75 Å². The van der Waals surface area contributed by atoms with Crippen LogP contribution in [0.2, 0.25) is 0 Å². The highest BCUT2D eigenvalue weighted by Gasteiger charge is 2.18. The van der Waals surface area contributed by atoms with Gasteiger partial charge in [-0.25, -0.2) is 0 Å². The van der Waals surface area contributed by atoms with Crippen molar-refractivity contribution >= 4 is 11.4 Å². The Hall–Kier alpha value is -1.38. The fourth-order valence-corrected chi connectivity index (χ4v) is 2.33. The van der Waals surface area contributed by atoms with Crippen molar-refractivity contribution in [2.75, 3.05) is 17.6 Å². The van der Waals surface area contributed by atoms with Crippen molar-refractivity contribution in [3.63, 3.8) is 0 Å². The molecule has 1 rings (SSSR count). The Labute approximate surface area is 130 Å². The molecule has 3 nitrogen and oxygen atoms in total. The monoisotopic (exact) mass is 292 g/mol. The molecule has 0 aromatic heterocycles. The number of hydrogen-bond donors (Lipinski definition) is 2. The van der Waals surface area contributed by atoms with Gasteiger partial charge >= 0.3 is 0 Å². The molecule has 0 bridgehead atoms. The first-order chi connectivity index (χ1) is 9.85. The molecule has 0 atom stereocenters. The average Bonchev–Trinajstić information content (AvgIpc) is 2.39. The number of nitrogens with one attached hydrogen (secondary N) is 1. The van der Waals surface area contributed by atoms with Crippen LogP contribution in [-0.2, 0) is 0 Å². The molecule has 0 aliphatic carbocycles. The third-order valence-electron chi connectivity index (χ3n) is 3.64. The van der Waals surface area contributed by atoms with E-state index in [0.717, 1.165) is 18.0 Å². The van der Waals surface area contributed by atoms with Crippen molar-refractivity contribution in [2.45, 2.75) is 66.4 Å². The van der Waals surface area contributed by atoms with Crippen LogP contribution in [0.25, 0.3) is 0 Å². The summed E-state index contributed by atoms with van der Waals surface area (Å²) in [6.45, 7) is 11.8. The van der Waals surface area contributed by atoms with Crippen molar-refractivity contribution in [1.82, 2.24) is 0 Å². The smallest absolute Gasteiger partial charge is 0.144 e. The largest absolute Gasteiger partial charge is 0.489 e. The molecule has 0 amide bonds. The lowest BCUT2D eigenvalue weighted by molar-refractivity contribution is 0.244. The van der Waals surface area contributed by atoms with E-state index < -0.39 is 0 Å². The summed E-state index contributed by atoms with van der Waals surface area (Å²) in [7, 11) is 0. The van der Waals surface area contributed by atoms with Gasteiger partial charge in [-0.15, -0.1) is 0 Å². The SMILES string of the molecule is CCCCCC(C)(C)CNc1cccc(OC(C)C)c1N. The van der Waals surface area contributed by atoms with Gasteiger partial charge in [0.25, 0.3) is 0 Å². The molecule has 0 spiro atoms. The molecule has 0 radical (unpaired) electrons. The molecule has 120 valence electrons. The van der Waals surface area contributed by atoms with E-state index in [2.05, 4.69) is 26.1 Å². The zero-order valence-electron chi connectivity index (χ0n) is 14.3. The molecule has 0 saturated carbocycles. The van der Waals surface area contributed by atoms with Gasteiger partial charge in [-0.05, 0) is 37.8 Å². The Bertz CT molecular complexity index is 427. The second-order valence-corrected chi connectivity index (χ2v) is 6.86. The zero-order chi connectivity index (χ0) is 15.9. The molecule has 3 heteroatoms. The minimum atomic E-state index is 0.132. The van der Waals surface area contributed by atoms with Crippen molar-refractivity contribution in [1.29, 1.82) is 0 Å². The maximum atomic E-state index is 6.20. The van der Waals surface area contributed by atoms with Gasteiger partial charge in [-0.2, -0.15) is 0 Å². The summed E-state index contributed by atoms with van der Waals surface area (Å²) in [5.74, 6) is 0.763. The molecule has 0 fully saturated rings. The van der Waals surface area contributed by atoms with E-state index in [1.54, 1.807) is 0 Å². The van der Waals surface area contributed by atoms with Gasteiger partial charge in [0.2, 0.25) is 0 Å². The highest BCUT2D eigenvalue weighted by atomic mass is 16.5. The number of rotatable bonds is 9. The fourth-order valence-electron chi connectivity index (χ4n) is 2.33. The van der Waals surface area contributed by atoms with Crippen LogP contribution in [0.3, 0.4) is 0 Å². The second-order valence-electron chi connectivity index (χ2n) is 6.86. The summed E-state index contributed by atoms with van der Waals surface area (Å²) in [4.78, 5) is 0. The lowest BCUT2D eigenvalue weighted by Crippen LogP contribution is -2.23. The molecule has 0 heterocycles. The number of para-hydroxylation sites is 1. The van der Waals surface area contributed by atoms with E-state index >= 15 is 0 Å². The molecule has 0 aliphatic rings. The lowest BCUT2D eigenvalue weighted by Gasteiger charge is -2.26. The minimum Gasteiger partial charge on any atom is -0.489 e. The third kappa shape index (κ3) is 6.28. The maximum absolute atomic E-state index is 6.20. The predicted molar refractivity (Wildman–Crippen MR) is 93.0 cm³/mol. The summed E-state index contributed by atoms with van der Waals surface area (Å²) in [5.41, 5.74) is 8.14. The van der Waals surface area contributed by atoms with Gasteiger partial charge in [0.1, 0.15) is 5.75 Å². The lowest BCUT2D eigenvalue weighted by atomic mass is 9.87. The van der Waals surface area contributed by atoms with Crippen LogP contribution in [0.1, 0.15) is 60.3 Å². The van der Waals surface area contributed by atoms with Crippen LogP contribution in [0.15, 0.2) is 18.2 Å². The zero-order valence-corrected chi connectivity index (χ0v) is 14.3. The Kier molecular flexibility index (Phi) is 6.86. The first-order valence-corrected chi connectivity index (χ1v) is 8.14. The molecule has 3 N–H and O–H groups in total.